The minimum absolute atomic E-state index is 0.0418. The summed E-state index contributed by atoms with van der Waals surface area (Å²) in [5.74, 6) is -3.28. The van der Waals surface area contributed by atoms with Gasteiger partial charge in [-0.2, -0.15) is 0 Å². The molecule has 3 aromatic rings. The quantitative estimate of drug-likeness (QED) is 0.343. The molecule has 8 heteroatoms. The number of ether oxygens (including phenoxy) is 1. The number of esters is 1. The van der Waals surface area contributed by atoms with Crippen molar-refractivity contribution in [3.63, 3.8) is 0 Å². The summed E-state index contributed by atoms with van der Waals surface area (Å²) in [6.45, 7) is 0.0451. The Balaban J connectivity index is 1.68. The van der Waals surface area contributed by atoms with Gasteiger partial charge in [0, 0.05) is 12.5 Å². The first kappa shape index (κ1) is 24.7. The Bertz CT molecular complexity index is 1110. The topological polar surface area (TPSA) is 55.4 Å². The Labute approximate surface area is 200 Å². The lowest BCUT2D eigenvalue weighted by Crippen LogP contribution is -2.23. The molecule has 0 heterocycles. The lowest BCUT2D eigenvalue weighted by Gasteiger charge is -2.17. The van der Waals surface area contributed by atoms with Crippen LogP contribution in [0.2, 0.25) is 10.0 Å². The average Bonchev–Trinajstić information content (AvgIpc) is 2.79. The number of anilines is 1. The Morgan fingerprint density at radius 1 is 0.939 bits per heavy atom. The fourth-order valence-corrected chi connectivity index (χ4v) is 3.72. The maximum absolute atomic E-state index is 14.2. The van der Waals surface area contributed by atoms with Crippen molar-refractivity contribution >= 4 is 40.8 Å². The maximum Gasteiger partial charge on any atom is 0.309 e. The number of hydrogen-bond acceptors (Lipinski definition) is 3. The van der Waals surface area contributed by atoms with E-state index in [9.17, 15) is 18.4 Å². The standard InChI is InChI=1S/C25H21Cl2F2NO3/c26-20-7-4-8-21(27)24(20)30-23(31)12-10-18(13-17-9-11-19(28)14-22(17)29)25(32)33-15-16-5-2-1-3-6-16/h1-9,11,14,18H,10,12-13,15H2,(H,30,31). The van der Waals surface area contributed by atoms with Crippen LogP contribution in [0, 0.1) is 17.6 Å². The molecule has 0 aliphatic heterocycles. The molecule has 0 fully saturated rings. The van der Waals surface area contributed by atoms with E-state index in [1.54, 1.807) is 18.2 Å². The van der Waals surface area contributed by atoms with Gasteiger partial charge in [0.2, 0.25) is 5.91 Å². The van der Waals surface area contributed by atoms with Gasteiger partial charge in [-0.25, -0.2) is 8.78 Å². The van der Waals surface area contributed by atoms with E-state index in [2.05, 4.69) is 5.32 Å². The van der Waals surface area contributed by atoms with E-state index in [-0.39, 0.29) is 47.2 Å². The normalized spacial score (nSPS) is 11.6. The SMILES string of the molecule is O=C(CCC(Cc1ccc(F)cc1F)C(=O)OCc1ccccc1)Nc1c(Cl)cccc1Cl. The minimum Gasteiger partial charge on any atom is -0.461 e. The molecule has 1 N–H and O–H groups in total. The van der Waals surface area contributed by atoms with Gasteiger partial charge in [-0.1, -0.05) is 65.7 Å². The van der Waals surface area contributed by atoms with Crippen molar-refractivity contribution in [2.45, 2.75) is 25.9 Å². The Kier molecular flexibility index (Phi) is 8.80. The molecule has 1 atom stereocenters. The summed E-state index contributed by atoms with van der Waals surface area (Å²) < 4.78 is 32.9. The predicted octanol–water partition coefficient (Wildman–Crippen LogP) is 6.59. The van der Waals surface area contributed by atoms with Crippen molar-refractivity contribution in [3.05, 3.63) is 99.5 Å². The molecule has 0 aliphatic carbocycles. The van der Waals surface area contributed by atoms with Crippen LogP contribution >= 0.6 is 23.2 Å². The van der Waals surface area contributed by atoms with Gasteiger partial charge in [0.15, 0.2) is 0 Å². The largest absolute Gasteiger partial charge is 0.461 e. The van der Waals surface area contributed by atoms with Crippen LogP contribution in [-0.4, -0.2) is 11.9 Å². The number of halogens is 4. The maximum atomic E-state index is 14.2. The third-order valence-corrected chi connectivity index (χ3v) is 5.62. The second-order valence-corrected chi connectivity index (χ2v) is 8.23. The van der Waals surface area contributed by atoms with Gasteiger partial charge in [-0.15, -0.1) is 0 Å². The van der Waals surface area contributed by atoms with E-state index in [4.69, 9.17) is 27.9 Å². The van der Waals surface area contributed by atoms with E-state index in [0.29, 0.717) is 0 Å². The number of carbonyl (C=O) groups excluding carboxylic acids is 2. The van der Waals surface area contributed by atoms with Crippen molar-refractivity contribution in [1.29, 1.82) is 0 Å². The average molecular weight is 492 g/mol. The first-order chi connectivity index (χ1) is 15.8. The van der Waals surface area contributed by atoms with E-state index in [1.165, 1.54) is 6.07 Å². The lowest BCUT2D eigenvalue weighted by atomic mass is 9.94. The van der Waals surface area contributed by atoms with Gasteiger partial charge in [0.1, 0.15) is 18.2 Å². The van der Waals surface area contributed by atoms with E-state index < -0.39 is 29.4 Å². The Hall–Kier alpha value is -2.96. The van der Waals surface area contributed by atoms with Crippen LogP contribution in [0.5, 0.6) is 0 Å². The molecule has 0 radical (unpaired) electrons. The first-order valence-electron chi connectivity index (χ1n) is 10.2. The molecule has 1 amide bonds. The molecular weight excluding hydrogens is 471 g/mol. The van der Waals surface area contributed by atoms with Crippen LogP contribution in [0.15, 0.2) is 66.7 Å². The minimum atomic E-state index is -0.818. The second kappa shape index (κ2) is 11.8. The monoisotopic (exact) mass is 491 g/mol. The van der Waals surface area contributed by atoms with E-state index in [0.717, 1.165) is 17.7 Å². The second-order valence-electron chi connectivity index (χ2n) is 7.41. The van der Waals surface area contributed by atoms with Gasteiger partial charge in [-0.05, 0) is 42.2 Å². The molecule has 172 valence electrons. The summed E-state index contributed by atoms with van der Waals surface area (Å²) in [6.07, 6.45) is -0.0202. The number of rotatable bonds is 9. The molecule has 0 spiro atoms. The van der Waals surface area contributed by atoms with E-state index >= 15 is 0 Å². The molecule has 0 saturated heterocycles. The molecule has 0 aliphatic rings. The van der Waals surface area contributed by atoms with Gasteiger partial charge in [0.25, 0.3) is 0 Å². The number of benzene rings is 3. The van der Waals surface area contributed by atoms with Crippen molar-refractivity contribution in [3.8, 4) is 0 Å². The molecule has 33 heavy (non-hydrogen) atoms. The molecule has 1 unspecified atom stereocenters. The highest BCUT2D eigenvalue weighted by atomic mass is 35.5. The summed E-state index contributed by atoms with van der Waals surface area (Å²) in [6, 6.07) is 17.1. The first-order valence-corrected chi connectivity index (χ1v) is 11.0. The number of amides is 1. The van der Waals surface area contributed by atoms with Gasteiger partial charge >= 0.3 is 5.97 Å². The van der Waals surface area contributed by atoms with Crippen molar-refractivity contribution in [1.82, 2.24) is 0 Å². The molecule has 0 saturated carbocycles. The summed E-state index contributed by atoms with van der Waals surface area (Å²) in [4.78, 5) is 25.3. The van der Waals surface area contributed by atoms with Crippen LogP contribution in [0.3, 0.4) is 0 Å². The molecule has 3 rings (SSSR count). The molecule has 3 aromatic carbocycles. The van der Waals surface area contributed by atoms with Gasteiger partial charge in [0.05, 0.1) is 21.7 Å². The number of para-hydroxylation sites is 1. The molecule has 4 nitrogen and oxygen atoms in total. The van der Waals surface area contributed by atoms with Gasteiger partial charge < -0.3 is 10.1 Å². The van der Waals surface area contributed by atoms with Crippen LogP contribution in [0.25, 0.3) is 0 Å². The third kappa shape index (κ3) is 7.27. The highest BCUT2D eigenvalue weighted by molar-refractivity contribution is 6.39. The molecule has 0 bridgehead atoms. The number of hydrogen-bond donors (Lipinski definition) is 1. The molecular formula is C25H21Cl2F2NO3. The van der Waals surface area contributed by atoms with Crippen molar-refractivity contribution in [2.24, 2.45) is 5.92 Å². The smallest absolute Gasteiger partial charge is 0.309 e. The fraction of sp³-hybridized carbons (Fsp3) is 0.200. The number of carbonyl (C=O) groups is 2. The number of nitrogens with one attached hydrogen (secondary N) is 1. The summed E-state index contributed by atoms with van der Waals surface area (Å²) in [5.41, 5.74) is 1.23. The summed E-state index contributed by atoms with van der Waals surface area (Å²) in [7, 11) is 0. The van der Waals surface area contributed by atoms with E-state index in [1.807, 2.05) is 30.3 Å². The van der Waals surface area contributed by atoms with Crippen LogP contribution in [0.1, 0.15) is 24.0 Å². The highest BCUT2D eigenvalue weighted by Crippen LogP contribution is 2.30. The van der Waals surface area contributed by atoms with Crippen LogP contribution in [-0.2, 0) is 27.4 Å². The summed E-state index contributed by atoms with van der Waals surface area (Å²) in [5, 5.41) is 3.20. The van der Waals surface area contributed by atoms with Crippen molar-refractivity contribution < 1.29 is 23.1 Å². The zero-order valence-corrected chi connectivity index (χ0v) is 19.0. The van der Waals surface area contributed by atoms with Crippen molar-refractivity contribution in [2.75, 3.05) is 5.32 Å². The zero-order valence-electron chi connectivity index (χ0n) is 17.5. The Morgan fingerprint density at radius 3 is 2.30 bits per heavy atom. The third-order valence-electron chi connectivity index (χ3n) is 4.99. The zero-order chi connectivity index (χ0) is 23.8. The summed E-state index contributed by atoms with van der Waals surface area (Å²) >= 11 is 12.2. The lowest BCUT2D eigenvalue weighted by molar-refractivity contribution is -0.150. The predicted molar refractivity (Wildman–Crippen MR) is 124 cm³/mol. The molecule has 0 aromatic heterocycles. The Morgan fingerprint density at radius 2 is 1.64 bits per heavy atom. The fourth-order valence-electron chi connectivity index (χ4n) is 3.23. The van der Waals surface area contributed by atoms with Crippen LogP contribution < -0.4 is 5.32 Å². The van der Waals surface area contributed by atoms with Gasteiger partial charge in [-0.3, -0.25) is 9.59 Å². The highest BCUT2D eigenvalue weighted by Gasteiger charge is 2.24. The van der Waals surface area contributed by atoms with Crippen LogP contribution in [0.4, 0.5) is 14.5 Å².